The molecule has 0 atom stereocenters. The van der Waals surface area contributed by atoms with Crippen LogP contribution in [-0.4, -0.2) is 59.0 Å². The number of pyridine rings is 3. The van der Waals surface area contributed by atoms with Crippen LogP contribution in [-0.2, 0) is 9.59 Å². The van der Waals surface area contributed by atoms with Crippen molar-refractivity contribution in [3.63, 3.8) is 0 Å². The third-order valence-corrected chi connectivity index (χ3v) is 11.9. The number of aromatic nitrogens is 3. The molecule has 5 N–H and O–H groups in total. The van der Waals surface area contributed by atoms with E-state index in [1.54, 1.807) is 0 Å². The minimum Gasteiger partial charge on any atom is -0.384 e. The second-order valence-electron chi connectivity index (χ2n) is 16.5. The molecule has 9 rings (SSSR count). The predicted octanol–water partition coefficient (Wildman–Crippen LogP) is 11.6. The zero-order valence-corrected chi connectivity index (χ0v) is 37.3. The van der Waals surface area contributed by atoms with Gasteiger partial charge < -0.3 is 26.6 Å². The number of fused-ring (bicyclic) bond motifs is 6. The van der Waals surface area contributed by atoms with Crippen molar-refractivity contribution < 1.29 is 9.59 Å². The average Bonchev–Trinajstić information content (AvgIpc) is 3.32. The molecule has 0 unspecified atom stereocenters. The summed E-state index contributed by atoms with van der Waals surface area (Å²) in [6, 6.07) is 48.6. The standard InChI is InChI=1S/C54H54N8O2.ClH/c63-50(55-31-15-1-17-33-57-52-38-19-3-9-25-44(38)60-45-26-10-4-20-39(45)52)35-37(59-54-42-23-7-13-29-48(42)62-49-30-14-8-24-43(49)54)36-51(64)56-32-16-2-18-34-58-53-40-21-5-11-27-46(40)61-47-28-12-6-22-41(47)53;/h3-14,19-30,37H,1-2,15-18,31-36H2,(H,55,63)(H,56,64)(H,57,60)(H,58,61)(H,59,62);1H. The second kappa shape index (κ2) is 21.6. The molecule has 2 amide bonds. The highest BCUT2D eigenvalue weighted by Gasteiger charge is 2.21. The van der Waals surface area contributed by atoms with Crippen molar-refractivity contribution in [1.82, 2.24) is 25.6 Å². The van der Waals surface area contributed by atoms with Crippen LogP contribution in [0.5, 0.6) is 0 Å². The van der Waals surface area contributed by atoms with Gasteiger partial charge in [-0.1, -0.05) is 109 Å². The maximum absolute atomic E-state index is 13.6. The molecule has 9 aromatic rings. The number of carbonyl (C=O) groups is 2. The zero-order chi connectivity index (χ0) is 43.5. The lowest BCUT2D eigenvalue weighted by atomic mass is 10.0. The van der Waals surface area contributed by atoms with Crippen molar-refractivity contribution in [1.29, 1.82) is 0 Å². The Bertz CT molecular complexity index is 2780. The van der Waals surface area contributed by atoms with E-state index in [1.165, 1.54) is 0 Å². The molecule has 6 aromatic carbocycles. The molecule has 0 aliphatic carbocycles. The lowest BCUT2D eigenvalue weighted by Crippen LogP contribution is -2.36. The number of amides is 2. The van der Waals surface area contributed by atoms with Crippen LogP contribution in [0.1, 0.15) is 51.4 Å². The topological polar surface area (TPSA) is 133 Å². The van der Waals surface area contributed by atoms with E-state index >= 15 is 0 Å². The molecule has 3 heterocycles. The number of unbranched alkanes of at least 4 members (excludes halogenated alkanes) is 4. The molecular formula is C54H55ClN8O2. The summed E-state index contributed by atoms with van der Waals surface area (Å²) in [6.45, 7) is 2.78. The summed E-state index contributed by atoms with van der Waals surface area (Å²) in [5.74, 6) is -0.161. The van der Waals surface area contributed by atoms with Crippen molar-refractivity contribution in [3.05, 3.63) is 146 Å². The number of nitrogens with zero attached hydrogens (tertiary/aromatic N) is 3. The van der Waals surface area contributed by atoms with Gasteiger partial charge in [0.2, 0.25) is 11.8 Å². The summed E-state index contributed by atoms with van der Waals surface area (Å²) < 4.78 is 0. The molecule has 0 bridgehead atoms. The van der Waals surface area contributed by atoms with E-state index in [1.807, 2.05) is 72.8 Å². The molecule has 0 radical (unpaired) electrons. The summed E-state index contributed by atoms with van der Waals surface area (Å²) in [6.07, 6.45) is 5.87. The van der Waals surface area contributed by atoms with Crippen LogP contribution in [0, 0.1) is 0 Å². The summed E-state index contributed by atoms with van der Waals surface area (Å²) in [4.78, 5) is 41.7. The lowest BCUT2D eigenvalue weighted by Gasteiger charge is -2.22. The normalized spacial score (nSPS) is 11.3. The van der Waals surface area contributed by atoms with Crippen molar-refractivity contribution in [2.24, 2.45) is 0 Å². The fraction of sp³-hybridized carbons (Fsp3) is 0.241. The number of hydrogen-bond acceptors (Lipinski definition) is 8. The van der Waals surface area contributed by atoms with E-state index < -0.39 is 6.04 Å². The fourth-order valence-electron chi connectivity index (χ4n) is 8.76. The first kappa shape index (κ1) is 44.6. The third-order valence-electron chi connectivity index (χ3n) is 11.9. The second-order valence-corrected chi connectivity index (χ2v) is 16.5. The quantitative estimate of drug-likeness (QED) is 0.0378. The molecule has 0 fully saturated rings. The van der Waals surface area contributed by atoms with Crippen LogP contribution in [0.4, 0.5) is 17.1 Å². The van der Waals surface area contributed by atoms with Crippen molar-refractivity contribution in [2.45, 2.75) is 57.4 Å². The molecule has 0 saturated heterocycles. The molecule has 65 heavy (non-hydrogen) atoms. The van der Waals surface area contributed by atoms with E-state index in [9.17, 15) is 9.59 Å². The van der Waals surface area contributed by atoms with Crippen LogP contribution in [0.25, 0.3) is 65.4 Å². The number of rotatable bonds is 20. The Balaban J connectivity index is 0.00000576. The largest absolute Gasteiger partial charge is 0.384 e. The molecule has 0 aliphatic rings. The Labute approximate surface area is 385 Å². The van der Waals surface area contributed by atoms with Crippen LogP contribution < -0.4 is 26.6 Å². The number of nitrogens with one attached hydrogen (secondary N) is 5. The Morgan fingerprint density at radius 2 is 0.646 bits per heavy atom. The monoisotopic (exact) mass is 882 g/mol. The van der Waals surface area contributed by atoms with Crippen LogP contribution in [0.2, 0.25) is 0 Å². The summed E-state index contributed by atoms with van der Waals surface area (Å²) >= 11 is 0. The third kappa shape index (κ3) is 10.7. The van der Waals surface area contributed by atoms with E-state index in [0.717, 1.165) is 134 Å². The van der Waals surface area contributed by atoms with Gasteiger partial charge in [-0.15, -0.1) is 12.4 Å². The average molecular weight is 884 g/mol. The lowest BCUT2D eigenvalue weighted by molar-refractivity contribution is -0.122. The van der Waals surface area contributed by atoms with Crippen molar-refractivity contribution in [3.8, 4) is 0 Å². The Hall–Kier alpha value is -7.04. The first-order chi connectivity index (χ1) is 31.6. The van der Waals surface area contributed by atoms with Crippen molar-refractivity contribution in [2.75, 3.05) is 42.1 Å². The van der Waals surface area contributed by atoms with Crippen LogP contribution in [0.3, 0.4) is 0 Å². The van der Waals surface area contributed by atoms with E-state index in [0.29, 0.717) is 13.1 Å². The first-order valence-corrected chi connectivity index (χ1v) is 22.7. The van der Waals surface area contributed by atoms with Crippen LogP contribution in [0.15, 0.2) is 146 Å². The van der Waals surface area contributed by atoms with Gasteiger partial charge >= 0.3 is 0 Å². The summed E-state index contributed by atoms with van der Waals surface area (Å²) in [7, 11) is 0. The SMILES string of the molecule is Cl.O=C(CC(CC(=O)NCCCCCNc1c2ccccc2nc2ccccc12)Nc1c2ccccc2nc2ccccc12)NCCCCCNc1c2ccccc2nc2ccccc12. The summed E-state index contributed by atoms with van der Waals surface area (Å²) in [5, 5.41) is 23.7. The molecule has 11 heteroatoms. The predicted molar refractivity (Wildman–Crippen MR) is 272 cm³/mol. The molecule has 330 valence electrons. The molecular weight excluding hydrogens is 828 g/mol. The van der Waals surface area contributed by atoms with Crippen molar-refractivity contribution >= 4 is 107 Å². The minimum absolute atomic E-state index is 0. The highest BCUT2D eigenvalue weighted by atomic mass is 35.5. The van der Waals surface area contributed by atoms with Gasteiger partial charge in [0.1, 0.15) is 0 Å². The number of anilines is 3. The molecule has 10 nitrogen and oxygen atoms in total. The van der Waals surface area contributed by atoms with E-state index in [2.05, 4.69) is 99.4 Å². The molecule has 0 aliphatic heterocycles. The Morgan fingerprint density at radius 3 is 0.969 bits per heavy atom. The first-order valence-electron chi connectivity index (χ1n) is 22.7. The van der Waals surface area contributed by atoms with Gasteiger partial charge in [-0.2, -0.15) is 0 Å². The fourth-order valence-corrected chi connectivity index (χ4v) is 8.76. The smallest absolute Gasteiger partial charge is 0.222 e. The van der Waals surface area contributed by atoms with Gasteiger partial charge in [0.05, 0.1) is 50.2 Å². The van der Waals surface area contributed by atoms with E-state index in [4.69, 9.17) is 15.0 Å². The maximum atomic E-state index is 13.6. The number of para-hydroxylation sites is 6. The van der Waals surface area contributed by atoms with Gasteiger partial charge in [0, 0.05) is 77.4 Å². The van der Waals surface area contributed by atoms with Gasteiger partial charge in [-0.05, 0) is 74.9 Å². The maximum Gasteiger partial charge on any atom is 0.222 e. The number of halogens is 1. The zero-order valence-electron chi connectivity index (χ0n) is 36.5. The minimum atomic E-state index is -0.433. The molecule has 3 aromatic heterocycles. The number of carbonyl (C=O) groups excluding carboxylic acids is 2. The van der Waals surface area contributed by atoms with Gasteiger partial charge in [-0.25, -0.2) is 15.0 Å². The Kier molecular flexibility index (Phi) is 14.8. The van der Waals surface area contributed by atoms with Gasteiger partial charge in [0.25, 0.3) is 0 Å². The van der Waals surface area contributed by atoms with Gasteiger partial charge in [-0.3, -0.25) is 9.59 Å². The molecule has 0 spiro atoms. The number of hydrogen-bond donors (Lipinski definition) is 5. The van der Waals surface area contributed by atoms with E-state index in [-0.39, 0.29) is 37.1 Å². The molecule has 0 saturated carbocycles. The van der Waals surface area contributed by atoms with Crippen LogP contribution >= 0.6 is 12.4 Å². The highest BCUT2D eigenvalue weighted by molar-refractivity contribution is 6.09. The highest BCUT2D eigenvalue weighted by Crippen LogP contribution is 2.34. The van der Waals surface area contributed by atoms with Gasteiger partial charge in [0.15, 0.2) is 0 Å². The Morgan fingerprint density at radius 1 is 0.369 bits per heavy atom. The summed E-state index contributed by atoms with van der Waals surface area (Å²) in [5.41, 5.74) is 8.74. The number of benzene rings is 6.